The van der Waals surface area contributed by atoms with Crippen LogP contribution in [0.1, 0.15) is 51.4 Å². The molecule has 1 N–H and O–H groups in total. The lowest BCUT2D eigenvalue weighted by atomic mass is 9.92. The highest BCUT2D eigenvalue weighted by Crippen LogP contribution is 2.37. The normalized spacial score (nSPS) is 26.2. The molecule has 0 aromatic heterocycles. The first kappa shape index (κ1) is 10.2. The van der Waals surface area contributed by atoms with E-state index in [2.05, 4.69) is 18.4 Å². The summed E-state index contributed by atoms with van der Waals surface area (Å²) in [5, 5.41) is 3.51. The number of hydrogen-bond donors (Lipinski definition) is 1. The molecule has 0 aliphatic heterocycles. The van der Waals surface area contributed by atoms with Crippen molar-refractivity contribution in [3.8, 4) is 0 Å². The standard InChI is InChI=1S/C13H23N/c1-14-13(12-9-10-12)11-7-5-3-2-4-6-8-11/h7,12-14H,2-6,8-10H2,1H3. The molecule has 0 aromatic rings. The summed E-state index contributed by atoms with van der Waals surface area (Å²) in [5.41, 5.74) is 1.72. The molecule has 0 saturated heterocycles. The highest BCUT2D eigenvalue weighted by atomic mass is 14.9. The summed E-state index contributed by atoms with van der Waals surface area (Å²) < 4.78 is 0. The van der Waals surface area contributed by atoms with Gasteiger partial charge < -0.3 is 5.32 Å². The van der Waals surface area contributed by atoms with Crippen molar-refractivity contribution in [2.45, 2.75) is 57.4 Å². The van der Waals surface area contributed by atoms with Crippen LogP contribution < -0.4 is 5.32 Å². The van der Waals surface area contributed by atoms with Crippen LogP contribution >= 0.6 is 0 Å². The molecule has 0 heterocycles. The number of likely N-dealkylation sites (N-methyl/N-ethyl adjacent to an activating group) is 1. The van der Waals surface area contributed by atoms with Gasteiger partial charge in [0.25, 0.3) is 0 Å². The molecule has 0 spiro atoms. The van der Waals surface area contributed by atoms with Gasteiger partial charge in [-0.1, -0.05) is 24.5 Å². The maximum Gasteiger partial charge on any atom is 0.0305 e. The Labute approximate surface area is 88.0 Å². The third kappa shape index (κ3) is 2.60. The van der Waals surface area contributed by atoms with Crippen LogP contribution in [0.3, 0.4) is 0 Å². The minimum absolute atomic E-state index is 0.716. The third-order valence-electron chi connectivity index (χ3n) is 3.63. The molecule has 1 nitrogen and oxygen atoms in total. The molecule has 1 saturated carbocycles. The predicted molar refractivity (Wildman–Crippen MR) is 61.4 cm³/mol. The molecule has 14 heavy (non-hydrogen) atoms. The van der Waals surface area contributed by atoms with Crippen molar-refractivity contribution < 1.29 is 0 Å². The van der Waals surface area contributed by atoms with E-state index in [1.54, 1.807) is 5.57 Å². The lowest BCUT2D eigenvalue weighted by Gasteiger charge is -2.21. The van der Waals surface area contributed by atoms with E-state index in [0.29, 0.717) is 6.04 Å². The van der Waals surface area contributed by atoms with Crippen LogP contribution in [-0.2, 0) is 0 Å². The van der Waals surface area contributed by atoms with Crippen molar-refractivity contribution >= 4 is 0 Å². The Morgan fingerprint density at radius 1 is 1.21 bits per heavy atom. The first-order valence-electron chi connectivity index (χ1n) is 6.28. The van der Waals surface area contributed by atoms with Crippen LogP contribution in [0.2, 0.25) is 0 Å². The van der Waals surface area contributed by atoms with Gasteiger partial charge in [0.05, 0.1) is 0 Å². The van der Waals surface area contributed by atoms with Gasteiger partial charge in [0, 0.05) is 6.04 Å². The Balaban J connectivity index is 1.96. The topological polar surface area (TPSA) is 12.0 Å². The summed E-state index contributed by atoms with van der Waals surface area (Å²) in [7, 11) is 2.13. The molecule has 0 bridgehead atoms. The predicted octanol–water partition coefficient (Wildman–Crippen LogP) is 3.27. The van der Waals surface area contributed by atoms with E-state index in [1.807, 2.05) is 0 Å². The van der Waals surface area contributed by atoms with E-state index in [0.717, 1.165) is 5.92 Å². The monoisotopic (exact) mass is 193 g/mol. The first-order valence-corrected chi connectivity index (χ1v) is 6.28. The van der Waals surface area contributed by atoms with Crippen molar-refractivity contribution in [2.75, 3.05) is 7.05 Å². The summed E-state index contributed by atoms with van der Waals surface area (Å²) in [6, 6.07) is 0.716. The van der Waals surface area contributed by atoms with Crippen LogP contribution in [0.5, 0.6) is 0 Å². The summed E-state index contributed by atoms with van der Waals surface area (Å²) in [4.78, 5) is 0. The molecular formula is C13H23N. The highest BCUT2D eigenvalue weighted by molar-refractivity contribution is 5.15. The number of rotatable bonds is 3. The Kier molecular flexibility index (Phi) is 3.63. The molecule has 2 aliphatic carbocycles. The van der Waals surface area contributed by atoms with E-state index in [-0.39, 0.29) is 0 Å². The first-order chi connectivity index (χ1) is 6.92. The highest BCUT2D eigenvalue weighted by Gasteiger charge is 2.32. The largest absolute Gasteiger partial charge is 0.313 e. The fourth-order valence-corrected chi connectivity index (χ4v) is 2.65. The zero-order chi connectivity index (χ0) is 9.80. The smallest absolute Gasteiger partial charge is 0.0305 e. The summed E-state index contributed by atoms with van der Waals surface area (Å²) in [5.74, 6) is 0.964. The van der Waals surface area contributed by atoms with E-state index in [1.165, 1.54) is 51.4 Å². The van der Waals surface area contributed by atoms with Crippen LogP contribution in [0.15, 0.2) is 11.6 Å². The molecule has 1 heteroatoms. The Bertz CT molecular complexity index is 203. The lowest BCUT2D eigenvalue weighted by Crippen LogP contribution is -2.29. The van der Waals surface area contributed by atoms with Crippen LogP contribution in [0.4, 0.5) is 0 Å². The van der Waals surface area contributed by atoms with Gasteiger partial charge in [-0.05, 0) is 51.5 Å². The SMILES string of the molecule is CNC(C1=CCCCCCC1)C1CC1. The maximum absolute atomic E-state index is 3.51. The summed E-state index contributed by atoms with van der Waals surface area (Å²) in [6.07, 6.45) is 13.8. The minimum Gasteiger partial charge on any atom is -0.313 e. The van der Waals surface area contributed by atoms with Crippen molar-refractivity contribution in [3.05, 3.63) is 11.6 Å². The van der Waals surface area contributed by atoms with Gasteiger partial charge in [-0.2, -0.15) is 0 Å². The van der Waals surface area contributed by atoms with E-state index in [4.69, 9.17) is 0 Å². The van der Waals surface area contributed by atoms with Crippen LogP contribution in [0.25, 0.3) is 0 Å². The molecule has 1 fully saturated rings. The van der Waals surface area contributed by atoms with Gasteiger partial charge in [-0.15, -0.1) is 0 Å². The van der Waals surface area contributed by atoms with Gasteiger partial charge in [-0.3, -0.25) is 0 Å². The van der Waals surface area contributed by atoms with Crippen molar-refractivity contribution in [2.24, 2.45) is 5.92 Å². The minimum atomic E-state index is 0.716. The molecule has 2 rings (SSSR count). The quantitative estimate of drug-likeness (QED) is 0.678. The molecule has 1 atom stereocenters. The van der Waals surface area contributed by atoms with Crippen molar-refractivity contribution in [1.82, 2.24) is 5.32 Å². The van der Waals surface area contributed by atoms with Gasteiger partial charge in [0.2, 0.25) is 0 Å². The van der Waals surface area contributed by atoms with Crippen molar-refractivity contribution in [1.29, 1.82) is 0 Å². The molecule has 1 unspecified atom stereocenters. The van der Waals surface area contributed by atoms with E-state index in [9.17, 15) is 0 Å². The summed E-state index contributed by atoms with van der Waals surface area (Å²) >= 11 is 0. The Morgan fingerprint density at radius 2 is 2.00 bits per heavy atom. The number of allylic oxidation sites excluding steroid dienone is 1. The summed E-state index contributed by atoms with van der Waals surface area (Å²) in [6.45, 7) is 0. The molecular weight excluding hydrogens is 170 g/mol. The Hall–Kier alpha value is -0.300. The van der Waals surface area contributed by atoms with Gasteiger partial charge >= 0.3 is 0 Å². The Morgan fingerprint density at radius 3 is 2.71 bits per heavy atom. The second kappa shape index (κ2) is 4.97. The fraction of sp³-hybridized carbons (Fsp3) is 0.846. The number of nitrogens with one attached hydrogen (secondary N) is 1. The molecule has 0 amide bonds. The van der Waals surface area contributed by atoms with E-state index >= 15 is 0 Å². The molecule has 0 aromatic carbocycles. The zero-order valence-electron chi connectivity index (χ0n) is 9.39. The fourth-order valence-electron chi connectivity index (χ4n) is 2.65. The lowest BCUT2D eigenvalue weighted by molar-refractivity contribution is 0.522. The van der Waals surface area contributed by atoms with Gasteiger partial charge in [-0.25, -0.2) is 0 Å². The maximum atomic E-state index is 3.51. The van der Waals surface area contributed by atoms with Crippen LogP contribution in [-0.4, -0.2) is 13.1 Å². The zero-order valence-corrected chi connectivity index (χ0v) is 9.39. The second-order valence-corrected chi connectivity index (χ2v) is 4.84. The number of hydrogen-bond acceptors (Lipinski definition) is 1. The molecule has 2 aliphatic rings. The van der Waals surface area contributed by atoms with Crippen molar-refractivity contribution in [3.63, 3.8) is 0 Å². The van der Waals surface area contributed by atoms with Crippen LogP contribution in [0, 0.1) is 5.92 Å². The molecule has 80 valence electrons. The van der Waals surface area contributed by atoms with E-state index < -0.39 is 0 Å². The average molecular weight is 193 g/mol. The third-order valence-corrected chi connectivity index (χ3v) is 3.63. The second-order valence-electron chi connectivity index (χ2n) is 4.84. The average Bonchev–Trinajstić information content (AvgIpc) is 2.93. The molecule has 0 radical (unpaired) electrons. The van der Waals surface area contributed by atoms with Gasteiger partial charge in [0.15, 0.2) is 0 Å². The van der Waals surface area contributed by atoms with Gasteiger partial charge in [0.1, 0.15) is 0 Å².